The molecule has 1 aromatic heterocycles. The quantitative estimate of drug-likeness (QED) is 0.720. The summed E-state index contributed by atoms with van der Waals surface area (Å²) in [5, 5.41) is 0.885. The molecule has 4 heteroatoms. The minimum absolute atomic E-state index is 0.00925. The van der Waals surface area contributed by atoms with Crippen LogP contribution in [-0.2, 0) is 4.79 Å². The Morgan fingerprint density at radius 3 is 2.50 bits per heavy atom. The fourth-order valence-electron chi connectivity index (χ4n) is 1.10. The fraction of sp³-hybridized carbons (Fsp3) is 0.500. The zero-order chi connectivity index (χ0) is 10.7. The summed E-state index contributed by atoms with van der Waals surface area (Å²) in [5.41, 5.74) is 0.629. The molecule has 0 fully saturated rings. The Hall–Kier alpha value is -1.03. The summed E-state index contributed by atoms with van der Waals surface area (Å²) in [4.78, 5) is 15.9. The summed E-state index contributed by atoms with van der Waals surface area (Å²) in [7, 11) is 0. The molecule has 76 valence electrons. The number of carbonyl (C=O) groups excluding carboxylic acids is 1. The average molecular weight is 210 g/mol. The highest BCUT2D eigenvalue weighted by Gasteiger charge is 2.17. The van der Waals surface area contributed by atoms with Gasteiger partial charge in [0.25, 0.3) is 0 Å². The third kappa shape index (κ3) is 2.26. The van der Waals surface area contributed by atoms with Crippen LogP contribution >= 0.6 is 11.5 Å². The van der Waals surface area contributed by atoms with Crippen LogP contribution < -0.4 is 0 Å². The smallest absolute Gasteiger partial charge is 0.176 e. The number of hydrogen-bond donors (Lipinski definition) is 0. The van der Waals surface area contributed by atoms with Gasteiger partial charge < -0.3 is 0 Å². The number of allylic oxidation sites excluding steroid dienone is 2. The highest BCUT2D eigenvalue weighted by molar-refractivity contribution is 7.05. The SMILES string of the molecule is C/C=C(\C(=O)C(C)C)c1nsc(C)n1. The Bertz CT molecular complexity index is 366. The van der Waals surface area contributed by atoms with E-state index in [0.717, 1.165) is 5.01 Å². The lowest BCUT2D eigenvalue weighted by Gasteiger charge is -2.04. The van der Waals surface area contributed by atoms with Gasteiger partial charge in [0, 0.05) is 5.92 Å². The number of rotatable bonds is 3. The van der Waals surface area contributed by atoms with Crippen molar-refractivity contribution >= 4 is 22.9 Å². The highest BCUT2D eigenvalue weighted by Crippen LogP contribution is 2.17. The van der Waals surface area contributed by atoms with Crippen LogP contribution in [0.3, 0.4) is 0 Å². The average Bonchev–Trinajstić information content (AvgIpc) is 2.53. The summed E-state index contributed by atoms with van der Waals surface area (Å²) in [6.07, 6.45) is 1.78. The van der Waals surface area contributed by atoms with E-state index in [0.29, 0.717) is 11.4 Å². The minimum Gasteiger partial charge on any atom is -0.294 e. The van der Waals surface area contributed by atoms with Gasteiger partial charge in [-0.3, -0.25) is 4.79 Å². The molecule has 0 aromatic carbocycles. The van der Waals surface area contributed by atoms with Gasteiger partial charge in [0.1, 0.15) is 5.01 Å². The molecule has 0 aliphatic carbocycles. The zero-order valence-corrected chi connectivity index (χ0v) is 9.68. The molecule has 1 aromatic rings. The van der Waals surface area contributed by atoms with E-state index >= 15 is 0 Å². The topological polar surface area (TPSA) is 42.9 Å². The van der Waals surface area contributed by atoms with Crippen LogP contribution in [0.4, 0.5) is 0 Å². The lowest BCUT2D eigenvalue weighted by Crippen LogP contribution is -2.10. The lowest BCUT2D eigenvalue weighted by molar-refractivity contribution is -0.116. The molecule has 0 aliphatic heterocycles. The number of hydrogen-bond acceptors (Lipinski definition) is 4. The fourth-order valence-corrected chi connectivity index (χ4v) is 1.59. The number of nitrogens with zero attached hydrogens (tertiary/aromatic N) is 2. The van der Waals surface area contributed by atoms with Gasteiger partial charge in [-0.05, 0) is 25.4 Å². The normalized spacial score (nSPS) is 12.2. The molecular formula is C10H14N2OS. The van der Waals surface area contributed by atoms with Crippen molar-refractivity contribution in [3.8, 4) is 0 Å². The molecule has 0 saturated heterocycles. The van der Waals surface area contributed by atoms with E-state index in [-0.39, 0.29) is 11.7 Å². The van der Waals surface area contributed by atoms with E-state index in [1.807, 2.05) is 27.7 Å². The van der Waals surface area contributed by atoms with Crippen LogP contribution in [0.1, 0.15) is 31.6 Å². The number of ketones is 1. The summed E-state index contributed by atoms with van der Waals surface area (Å²) in [6, 6.07) is 0. The van der Waals surface area contributed by atoms with Crippen molar-refractivity contribution in [3.63, 3.8) is 0 Å². The molecule has 0 saturated carbocycles. The summed E-state index contributed by atoms with van der Waals surface area (Å²) in [6.45, 7) is 7.48. The molecule has 0 atom stereocenters. The molecule has 1 heterocycles. The second-order valence-corrected chi connectivity index (χ2v) is 4.31. The van der Waals surface area contributed by atoms with Crippen LogP contribution in [-0.4, -0.2) is 15.1 Å². The predicted molar refractivity (Wildman–Crippen MR) is 58.1 cm³/mol. The van der Waals surface area contributed by atoms with Gasteiger partial charge >= 0.3 is 0 Å². The molecule has 0 aliphatic rings. The number of Topliss-reactive ketones (excluding diaryl/α,β-unsaturated/α-hetero) is 1. The van der Waals surface area contributed by atoms with Crippen molar-refractivity contribution in [2.75, 3.05) is 0 Å². The largest absolute Gasteiger partial charge is 0.294 e. The molecule has 3 nitrogen and oxygen atoms in total. The monoisotopic (exact) mass is 210 g/mol. The Balaban J connectivity index is 3.00. The van der Waals surface area contributed by atoms with Gasteiger partial charge in [0.05, 0.1) is 5.57 Å². The Labute approximate surface area is 88.0 Å². The van der Waals surface area contributed by atoms with E-state index in [4.69, 9.17) is 0 Å². The van der Waals surface area contributed by atoms with Gasteiger partial charge in [-0.1, -0.05) is 19.9 Å². The van der Waals surface area contributed by atoms with Crippen LogP contribution in [0.5, 0.6) is 0 Å². The third-order valence-corrected chi connectivity index (χ3v) is 2.47. The highest BCUT2D eigenvalue weighted by atomic mass is 32.1. The minimum atomic E-state index is -0.00925. The Morgan fingerprint density at radius 2 is 2.14 bits per heavy atom. The van der Waals surface area contributed by atoms with E-state index in [1.54, 1.807) is 6.08 Å². The van der Waals surface area contributed by atoms with Crippen molar-refractivity contribution in [3.05, 3.63) is 16.9 Å². The van der Waals surface area contributed by atoms with Gasteiger partial charge in [0.2, 0.25) is 0 Å². The molecule has 0 unspecified atom stereocenters. The van der Waals surface area contributed by atoms with Gasteiger partial charge in [-0.2, -0.15) is 4.37 Å². The maximum atomic E-state index is 11.7. The number of aryl methyl sites for hydroxylation is 1. The molecule has 1 rings (SSSR count). The maximum absolute atomic E-state index is 11.7. The predicted octanol–water partition coefficient (Wildman–Crippen LogP) is 2.47. The summed E-state index contributed by atoms with van der Waals surface area (Å²) >= 11 is 1.32. The van der Waals surface area contributed by atoms with Gasteiger partial charge in [-0.15, -0.1) is 0 Å². The standard InChI is InChI=1S/C10H14N2OS/c1-5-8(9(13)6(2)3)10-11-7(4)14-12-10/h5-6H,1-4H3/b8-5+. The van der Waals surface area contributed by atoms with Crippen molar-refractivity contribution < 1.29 is 4.79 Å². The van der Waals surface area contributed by atoms with Crippen LogP contribution in [0.2, 0.25) is 0 Å². The van der Waals surface area contributed by atoms with Gasteiger partial charge in [-0.25, -0.2) is 4.98 Å². The zero-order valence-electron chi connectivity index (χ0n) is 8.87. The summed E-state index contributed by atoms with van der Waals surface area (Å²) < 4.78 is 4.13. The second-order valence-electron chi connectivity index (χ2n) is 3.36. The molecule has 0 amide bonds. The van der Waals surface area contributed by atoms with Crippen molar-refractivity contribution in [1.29, 1.82) is 0 Å². The van der Waals surface area contributed by atoms with E-state index in [9.17, 15) is 4.79 Å². The van der Waals surface area contributed by atoms with Crippen LogP contribution in [0.25, 0.3) is 5.57 Å². The first-order valence-corrected chi connectivity index (χ1v) is 5.34. The van der Waals surface area contributed by atoms with E-state index < -0.39 is 0 Å². The van der Waals surface area contributed by atoms with Crippen LogP contribution in [0.15, 0.2) is 6.08 Å². The number of carbonyl (C=O) groups is 1. The lowest BCUT2D eigenvalue weighted by atomic mass is 10.0. The molecular weight excluding hydrogens is 196 g/mol. The Kier molecular flexibility index (Phi) is 3.52. The van der Waals surface area contributed by atoms with Crippen LogP contribution in [0, 0.1) is 12.8 Å². The first-order valence-electron chi connectivity index (χ1n) is 4.57. The first kappa shape index (κ1) is 11.0. The molecule has 14 heavy (non-hydrogen) atoms. The van der Waals surface area contributed by atoms with Gasteiger partial charge in [0.15, 0.2) is 11.6 Å². The number of aromatic nitrogens is 2. The molecule has 0 N–H and O–H groups in total. The van der Waals surface area contributed by atoms with Crippen molar-refractivity contribution in [2.45, 2.75) is 27.7 Å². The Morgan fingerprint density at radius 1 is 1.50 bits per heavy atom. The first-order chi connectivity index (χ1) is 6.56. The summed E-state index contributed by atoms with van der Waals surface area (Å²) in [5.74, 6) is 0.656. The van der Waals surface area contributed by atoms with E-state index in [1.165, 1.54) is 11.5 Å². The second kappa shape index (κ2) is 4.46. The van der Waals surface area contributed by atoms with E-state index in [2.05, 4.69) is 9.36 Å². The third-order valence-electron chi connectivity index (χ3n) is 1.85. The van der Waals surface area contributed by atoms with Crippen molar-refractivity contribution in [1.82, 2.24) is 9.36 Å². The molecule has 0 bridgehead atoms. The molecule has 0 radical (unpaired) electrons. The maximum Gasteiger partial charge on any atom is 0.176 e. The van der Waals surface area contributed by atoms with Crippen molar-refractivity contribution in [2.24, 2.45) is 5.92 Å². The molecule has 0 spiro atoms.